The van der Waals surface area contributed by atoms with Gasteiger partial charge in [-0.15, -0.1) is 0 Å². The summed E-state index contributed by atoms with van der Waals surface area (Å²) in [4.78, 5) is 12.1. The number of carbonyl (C=O) groups excluding carboxylic acids is 1. The number of ether oxygens (including phenoxy) is 3. The highest BCUT2D eigenvalue weighted by molar-refractivity contribution is 6.69. The second-order valence-corrected chi connectivity index (χ2v) is 12.2. The highest BCUT2D eigenvalue weighted by atomic mass is 28.4. The number of benzene rings is 2. The molecule has 0 aromatic heterocycles. The smallest absolute Gasteiger partial charge is 0.384 e. The van der Waals surface area contributed by atoms with E-state index in [1.807, 2.05) is 54.6 Å². The Morgan fingerprint density at radius 1 is 1.03 bits per heavy atom. The minimum atomic E-state index is -2.13. The number of rotatable bonds is 8. The summed E-state index contributed by atoms with van der Waals surface area (Å²) in [6.07, 6.45) is 3.82. The van der Waals surface area contributed by atoms with E-state index in [2.05, 4.69) is 31.5 Å². The minimum Gasteiger partial charge on any atom is -0.493 e. The van der Waals surface area contributed by atoms with Crippen LogP contribution in [0.1, 0.15) is 18.1 Å². The summed E-state index contributed by atoms with van der Waals surface area (Å²) < 4.78 is 22.5. The number of carbonyl (C=O) groups is 1. The largest absolute Gasteiger partial charge is 0.493 e. The highest BCUT2D eigenvalue weighted by Crippen LogP contribution is 2.37. The summed E-state index contributed by atoms with van der Waals surface area (Å²) in [5.74, 6) is 6.21. The van der Waals surface area contributed by atoms with E-state index in [9.17, 15) is 4.79 Å². The van der Waals surface area contributed by atoms with Crippen LogP contribution in [0.4, 0.5) is 0 Å². The van der Waals surface area contributed by atoms with Crippen molar-refractivity contribution in [3.63, 3.8) is 0 Å². The topological polar surface area (TPSA) is 54.0 Å². The summed E-state index contributed by atoms with van der Waals surface area (Å²) in [7, 11) is 1.03. The maximum absolute atomic E-state index is 12.1. The van der Waals surface area contributed by atoms with Crippen LogP contribution in [0.2, 0.25) is 19.6 Å². The van der Waals surface area contributed by atoms with Crippen molar-refractivity contribution < 1.29 is 23.4 Å². The molecule has 0 aliphatic rings. The van der Waals surface area contributed by atoms with Gasteiger partial charge in [-0.05, 0) is 56.3 Å². The fraction of sp³-hybridized carbons (Fsp3) is 0.320. The third kappa shape index (κ3) is 7.02. The standard InChI is InChI=1S/C25H30O5Si/c1-7-29-24(26)16-18-25(30-31(4,5)6,17-15-20-11-9-8-10-12-20)21-13-14-22(27-2)23(19-21)28-3/h8-15,17,19H,7H2,1-6H3/b17-15+. The summed E-state index contributed by atoms with van der Waals surface area (Å²) in [5, 5.41) is 0. The zero-order chi connectivity index (χ0) is 22.9. The molecule has 2 aromatic rings. The first-order chi connectivity index (χ1) is 14.7. The zero-order valence-electron chi connectivity index (χ0n) is 19.0. The van der Waals surface area contributed by atoms with Crippen LogP contribution < -0.4 is 9.47 Å². The molecule has 0 fully saturated rings. The van der Waals surface area contributed by atoms with Gasteiger partial charge in [0.1, 0.15) is 0 Å². The predicted molar refractivity (Wildman–Crippen MR) is 126 cm³/mol. The Morgan fingerprint density at radius 3 is 2.29 bits per heavy atom. The van der Waals surface area contributed by atoms with Gasteiger partial charge in [-0.2, -0.15) is 0 Å². The minimum absolute atomic E-state index is 0.256. The van der Waals surface area contributed by atoms with Crippen LogP contribution in [0, 0.1) is 11.8 Å². The fourth-order valence-electron chi connectivity index (χ4n) is 2.97. The molecule has 5 nitrogen and oxygen atoms in total. The average Bonchev–Trinajstić information content (AvgIpc) is 2.75. The van der Waals surface area contributed by atoms with Crippen molar-refractivity contribution in [3.05, 3.63) is 65.7 Å². The van der Waals surface area contributed by atoms with Crippen LogP contribution in [-0.2, 0) is 19.6 Å². The second-order valence-electron chi connectivity index (χ2n) is 7.73. The number of methoxy groups -OCH3 is 2. The van der Waals surface area contributed by atoms with E-state index in [0.29, 0.717) is 11.5 Å². The maximum Gasteiger partial charge on any atom is 0.384 e. The number of esters is 1. The lowest BCUT2D eigenvalue weighted by Crippen LogP contribution is -2.38. The second kappa shape index (κ2) is 10.8. The van der Waals surface area contributed by atoms with Crippen molar-refractivity contribution in [2.45, 2.75) is 32.2 Å². The van der Waals surface area contributed by atoms with Gasteiger partial charge in [0.2, 0.25) is 0 Å². The third-order valence-corrected chi connectivity index (χ3v) is 5.15. The molecule has 0 amide bonds. The lowest BCUT2D eigenvalue weighted by atomic mass is 9.92. The Labute approximate surface area is 186 Å². The predicted octanol–water partition coefficient (Wildman–Crippen LogP) is 5.03. The lowest BCUT2D eigenvalue weighted by molar-refractivity contribution is -0.136. The first-order valence-corrected chi connectivity index (χ1v) is 13.5. The van der Waals surface area contributed by atoms with Crippen molar-refractivity contribution in [2.24, 2.45) is 0 Å². The molecule has 0 saturated carbocycles. The SMILES string of the molecule is CCOC(=O)C#CC(/C=C/c1ccccc1)(O[Si](C)(C)C)c1ccc(OC)c(OC)c1. The highest BCUT2D eigenvalue weighted by Gasteiger charge is 2.35. The Kier molecular flexibility index (Phi) is 8.49. The van der Waals surface area contributed by atoms with Crippen LogP contribution in [0.25, 0.3) is 6.08 Å². The Hall–Kier alpha value is -3.01. The van der Waals surface area contributed by atoms with Gasteiger partial charge in [0.15, 0.2) is 25.4 Å². The number of hydrogen-bond acceptors (Lipinski definition) is 5. The Morgan fingerprint density at radius 2 is 1.71 bits per heavy atom. The molecule has 0 heterocycles. The van der Waals surface area contributed by atoms with E-state index < -0.39 is 19.9 Å². The van der Waals surface area contributed by atoms with Crippen molar-refractivity contribution in [1.29, 1.82) is 0 Å². The molecule has 0 N–H and O–H groups in total. The van der Waals surface area contributed by atoms with E-state index in [4.69, 9.17) is 18.6 Å². The van der Waals surface area contributed by atoms with Gasteiger partial charge in [0.05, 0.1) is 20.8 Å². The van der Waals surface area contributed by atoms with Crippen LogP contribution >= 0.6 is 0 Å². The molecule has 2 rings (SSSR count). The molecule has 31 heavy (non-hydrogen) atoms. The van der Waals surface area contributed by atoms with Gasteiger partial charge in [0, 0.05) is 11.5 Å². The van der Waals surface area contributed by atoms with E-state index in [0.717, 1.165) is 11.1 Å². The quantitative estimate of drug-likeness (QED) is 0.250. The van der Waals surface area contributed by atoms with Crippen molar-refractivity contribution in [3.8, 4) is 23.3 Å². The molecule has 0 aliphatic heterocycles. The first kappa shape index (κ1) is 24.3. The first-order valence-electron chi connectivity index (χ1n) is 10.1. The molecule has 0 radical (unpaired) electrons. The molecule has 2 aromatic carbocycles. The third-order valence-electron chi connectivity index (χ3n) is 4.22. The molecule has 164 valence electrons. The molecule has 1 unspecified atom stereocenters. The van der Waals surface area contributed by atoms with Gasteiger partial charge < -0.3 is 18.6 Å². The van der Waals surface area contributed by atoms with Gasteiger partial charge in [0.25, 0.3) is 0 Å². The monoisotopic (exact) mass is 438 g/mol. The molecule has 6 heteroatoms. The van der Waals surface area contributed by atoms with E-state index in [-0.39, 0.29) is 6.61 Å². The van der Waals surface area contributed by atoms with Gasteiger partial charge >= 0.3 is 5.97 Å². The Bertz CT molecular complexity index is 967. The van der Waals surface area contributed by atoms with Crippen LogP contribution in [0.3, 0.4) is 0 Å². The van der Waals surface area contributed by atoms with Crippen LogP contribution in [-0.4, -0.2) is 35.1 Å². The average molecular weight is 439 g/mol. The summed E-state index contributed by atoms with van der Waals surface area (Å²) in [6, 6.07) is 15.4. The number of hydrogen-bond donors (Lipinski definition) is 0. The van der Waals surface area contributed by atoms with Crippen LogP contribution in [0.15, 0.2) is 54.6 Å². The lowest BCUT2D eigenvalue weighted by Gasteiger charge is -2.33. The van der Waals surface area contributed by atoms with E-state index >= 15 is 0 Å². The van der Waals surface area contributed by atoms with Crippen molar-refractivity contribution in [2.75, 3.05) is 20.8 Å². The normalized spacial score (nSPS) is 13.1. The molecular formula is C25H30O5Si. The van der Waals surface area contributed by atoms with Gasteiger partial charge in [-0.25, -0.2) is 4.79 Å². The molecule has 0 spiro atoms. The summed E-state index contributed by atoms with van der Waals surface area (Å²) in [6.45, 7) is 8.22. The summed E-state index contributed by atoms with van der Waals surface area (Å²) >= 11 is 0. The van der Waals surface area contributed by atoms with E-state index in [1.165, 1.54) is 0 Å². The molecular weight excluding hydrogens is 408 g/mol. The van der Waals surface area contributed by atoms with Gasteiger partial charge in [-0.3, -0.25) is 0 Å². The molecule has 0 saturated heterocycles. The van der Waals surface area contributed by atoms with Crippen molar-refractivity contribution in [1.82, 2.24) is 0 Å². The molecule has 0 bridgehead atoms. The fourth-order valence-corrected chi connectivity index (χ4v) is 4.17. The van der Waals surface area contributed by atoms with E-state index in [1.54, 1.807) is 27.2 Å². The summed E-state index contributed by atoms with van der Waals surface area (Å²) in [5.41, 5.74) is 0.549. The molecule has 1 atom stereocenters. The molecule has 0 aliphatic carbocycles. The zero-order valence-corrected chi connectivity index (χ0v) is 20.0. The van der Waals surface area contributed by atoms with Crippen molar-refractivity contribution >= 4 is 20.4 Å². The van der Waals surface area contributed by atoms with Gasteiger partial charge in [-0.1, -0.05) is 42.5 Å². The van der Waals surface area contributed by atoms with Crippen LogP contribution in [0.5, 0.6) is 11.5 Å². The maximum atomic E-state index is 12.1. The Balaban J connectivity index is 2.71.